The van der Waals surface area contributed by atoms with Gasteiger partial charge in [-0.1, -0.05) is 38.1 Å². The summed E-state index contributed by atoms with van der Waals surface area (Å²) in [4.78, 5) is 41.8. The minimum atomic E-state index is -1.06. The van der Waals surface area contributed by atoms with Crippen molar-refractivity contribution in [3.8, 4) is 0 Å². The third kappa shape index (κ3) is 5.72. The number of hydrogen-bond acceptors (Lipinski definition) is 4. The third-order valence-electron chi connectivity index (χ3n) is 6.86. The molecule has 1 fully saturated rings. The number of fused-ring (bicyclic) bond motifs is 1. The number of benzene rings is 1. The topological polar surface area (TPSA) is 95.7 Å². The molecule has 7 nitrogen and oxygen atoms in total. The van der Waals surface area contributed by atoms with E-state index in [0.29, 0.717) is 13.1 Å². The van der Waals surface area contributed by atoms with Gasteiger partial charge in [0.25, 0.3) is 5.91 Å². The number of alkyl halides is 1. The van der Waals surface area contributed by atoms with Crippen LogP contribution in [0.5, 0.6) is 0 Å². The van der Waals surface area contributed by atoms with Gasteiger partial charge < -0.3 is 20.9 Å². The monoisotopic (exact) mass is 460 g/mol. The first-order chi connectivity index (χ1) is 15.7. The van der Waals surface area contributed by atoms with Crippen molar-refractivity contribution in [2.45, 2.75) is 77.0 Å². The van der Waals surface area contributed by atoms with Crippen LogP contribution < -0.4 is 11.1 Å². The smallest absolute Gasteiger partial charge is 0.254 e. The normalized spacial score (nSPS) is 21.9. The van der Waals surface area contributed by atoms with Crippen LogP contribution in [-0.2, 0) is 20.8 Å². The van der Waals surface area contributed by atoms with Crippen molar-refractivity contribution < 1.29 is 18.8 Å². The predicted octanol–water partition coefficient (Wildman–Crippen LogP) is 2.34. The molecule has 0 aromatic heterocycles. The molecule has 3 rings (SSSR count). The molecule has 0 radical (unpaired) electrons. The van der Waals surface area contributed by atoms with Gasteiger partial charge in [0, 0.05) is 19.1 Å². The molecule has 33 heavy (non-hydrogen) atoms. The van der Waals surface area contributed by atoms with E-state index in [1.54, 1.807) is 16.7 Å². The minimum Gasteiger partial charge on any atom is -0.343 e. The molecule has 1 saturated heterocycles. The summed E-state index contributed by atoms with van der Waals surface area (Å²) < 4.78 is 13.6. The first-order valence-electron chi connectivity index (χ1n) is 12.0. The number of carbonyl (C=O) groups excluding carboxylic acids is 3. The molecule has 1 aromatic rings. The number of nitrogens with one attached hydrogen (secondary N) is 1. The summed E-state index contributed by atoms with van der Waals surface area (Å²) in [5, 5.41) is 2.78. The Hall–Kier alpha value is -2.48. The average Bonchev–Trinajstić information content (AvgIpc) is 3.27. The summed E-state index contributed by atoms with van der Waals surface area (Å²) in [6.45, 7) is 5.13. The molecule has 8 heteroatoms. The van der Waals surface area contributed by atoms with Crippen LogP contribution in [0.2, 0.25) is 0 Å². The SMILES string of the molecule is CC(C)[C@H](NC(=O)[C@H](C)N)C(=O)N1CCC[C@H]1CN(C(=O)CF)[C@H]1CCCc2ccccc21. The quantitative estimate of drug-likeness (QED) is 0.623. The van der Waals surface area contributed by atoms with Gasteiger partial charge in [-0.25, -0.2) is 4.39 Å². The predicted molar refractivity (Wildman–Crippen MR) is 125 cm³/mol. The van der Waals surface area contributed by atoms with Gasteiger partial charge in [0.15, 0.2) is 6.67 Å². The zero-order valence-corrected chi connectivity index (χ0v) is 19.9. The number of nitrogens with zero attached hydrogens (tertiary/aromatic N) is 2. The highest BCUT2D eigenvalue weighted by atomic mass is 19.1. The number of halogens is 1. The summed E-state index contributed by atoms with van der Waals surface area (Å²) in [6, 6.07) is 6.23. The van der Waals surface area contributed by atoms with Crippen LogP contribution in [0.25, 0.3) is 0 Å². The van der Waals surface area contributed by atoms with E-state index in [-0.39, 0.29) is 29.8 Å². The molecule has 3 N–H and O–H groups in total. The first-order valence-corrected chi connectivity index (χ1v) is 12.0. The average molecular weight is 461 g/mol. The van der Waals surface area contributed by atoms with Gasteiger partial charge >= 0.3 is 0 Å². The number of nitrogens with two attached hydrogens (primary N) is 1. The largest absolute Gasteiger partial charge is 0.343 e. The van der Waals surface area contributed by atoms with Crippen LogP contribution in [-0.4, -0.2) is 65.4 Å². The van der Waals surface area contributed by atoms with Crippen molar-refractivity contribution in [1.82, 2.24) is 15.1 Å². The van der Waals surface area contributed by atoms with E-state index in [1.807, 2.05) is 32.0 Å². The van der Waals surface area contributed by atoms with Crippen molar-refractivity contribution >= 4 is 17.7 Å². The number of aryl methyl sites for hydroxylation is 1. The lowest BCUT2D eigenvalue weighted by molar-refractivity contribution is -0.141. The van der Waals surface area contributed by atoms with Crippen LogP contribution in [0, 0.1) is 5.92 Å². The van der Waals surface area contributed by atoms with E-state index in [1.165, 1.54) is 5.56 Å². The molecular formula is C25H37FN4O3. The molecule has 1 heterocycles. The number of amides is 3. The fraction of sp³-hybridized carbons (Fsp3) is 0.640. The lowest BCUT2D eigenvalue weighted by atomic mass is 9.86. The van der Waals surface area contributed by atoms with E-state index in [4.69, 9.17) is 5.73 Å². The fourth-order valence-electron chi connectivity index (χ4n) is 5.05. The molecule has 182 valence electrons. The zero-order chi connectivity index (χ0) is 24.1. The Balaban J connectivity index is 1.81. The Morgan fingerprint density at radius 1 is 1.18 bits per heavy atom. The van der Waals surface area contributed by atoms with Gasteiger partial charge in [-0.05, 0) is 56.1 Å². The van der Waals surface area contributed by atoms with Crippen molar-refractivity contribution in [1.29, 1.82) is 0 Å². The number of hydrogen-bond donors (Lipinski definition) is 2. The number of rotatable bonds is 8. The second-order valence-electron chi connectivity index (χ2n) is 9.63. The van der Waals surface area contributed by atoms with Gasteiger partial charge in [-0.2, -0.15) is 0 Å². The molecule has 2 aliphatic rings. The van der Waals surface area contributed by atoms with Gasteiger partial charge in [-0.15, -0.1) is 0 Å². The number of carbonyl (C=O) groups is 3. The zero-order valence-electron chi connectivity index (χ0n) is 19.9. The van der Waals surface area contributed by atoms with E-state index in [9.17, 15) is 18.8 Å². The lowest BCUT2D eigenvalue weighted by Crippen LogP contribution is -2.56. The first kappa shape index (κ1) is 25.1. The maximum atomic E-state index is 13.6. The Morgan fingerprint density at radius 2 is 1.91 bits per heavy atom. The molecule has 1 aliphatic carbocycles. The molecule has 3 amide bonds. The van der Waals surface area contributed by atoms with Gasteiger partial charge in [0.2, 0.25) is 11.8 Å². The van der Waals surface area contributed by atoms with Crippen LogP contribution >= 0.6 is 0 Å². The highest BCUT2D eigenvalue weighted by molar-refractivity contribution is 5.90. The summed E-state index contributed by atoms with van der Waals surface area (Å²) in [6.07, 6.45) is 4.21. The summed E-state index contributed by atoms with van der Waals surface area (Å²) in [5.74, 6) is -1.19. The van der Waals surface area contributed by atoms with Crippen LogP contribution in [0.1, 0.15) is 63.6 Å². The summed E-state index contributed by atoms with van der Waals surface area (Å²) in [7, 11) is 0. The van der Waals surface area contributed by atoms with Gasteiger partial charge in [0.1, 0.15) is 6.04 Å². The van der Waals surface area contributed by atoms with E-state index >= 15 is 0 Å². The van der Waals surface area contributed by atoms with Gasteiger partial charge in [-0.3, -0.25) is 14.4 Å². The molecule has 0 spiro atoms. The highest BCUT2D eigenvalue weighted by Crippen LogP contribution is 2.35. The molecular weight excluding hydrogens is 423 g/mol. The molecule has 0 bridgehead atoms. The van der Waals surface area contributed by atoms with E-state index < -0.39 is 24.7 Å². The second kappa shape index (κ2) is 11.1. The maximum absolute atomic E-state index is 13.6. The van der Waals surface area contributed by atoms with Crippen molar-refractivity contribution in [2.75, 3.05) is 19.8 Å². The Morgan fingerprint density at radius 3 is 2.58 bits per heavy atom. The summed E-state index contributed by atoms with van der Waals surface area (Å²) in [5.41, 5.74) is 7.96. The lowest BCUT2D eigenvalue weighted by Gasteiger charge is -2.39. The molecule has 4 atom stereocenters. The van der Waals surface area contributed by atoms with Crippen molar-refractivity contribution in [2.24, 2.45) is 11.7 Å². The fourth-order valence-corrected chi connectivity index (χ4v) is 5.05. The molecule has 1 aromatic carbocycles. The van der Waals surface area contributed by atoms with Crippen LogP contribution in [0.3, 0.4) is 0 Å². The van der Waals surface area contributed by atoms with Crippen molar-refractivity contribution in [3.05, 3.63) is 35.4 Å². The second-order valence-corrected chi connectivity index (χ2v) is 9.63. The Labute approximate surface area is 195 Å². The van der Waals surface area contributed by atoms with Crippen LogP contribution in [0.15, 0.2) is 24.3 Å². The Kier molecular flexibility index (Phi) is 8.46. The number of likely N-dealkylation sites (tertiary alicyclic amines) is 1. The van der Waals surface area contributed by atoms with Crippen molar-refractivity contribution in [3.63, 3.8) is 0 Å². The molecule has 1 aliphatic heterocycles. The van der Waals surface area contributed by atoms with Gasteiger partial charge in [0.05, 0.1) is 12.1 Å². The highest BCUT2D eigenvalue weighted by Gasteiger charge is 2.39. The van der Waals surface area contributed by atoms with E-state index in [2.05, 4.69) is 11.4 Å². The summed E-state index contributed by atoms with van der Waals surface area (Å²) >= 11 is 0. The molecule has 0 unspecified atom stereocenters. The van der Waals surface area contributed by atoms with E-state index in [0.717, 1.165) is 37.7 Å². The Bertz CT molecular complexity index is 860. The maximum Gasteiger partial charge on any atom is 0.254 e. The molecule has 0 saturated carbocycles. The third-order valence-corrected chi connectivity index (χ3v) is 6.86. The standard InChI is InChI=1S/C25H37FN4O3/c1-16(2)23(28-24(32)17(3)27)25(33)29-13-7-10-19(29)15-30(22(31)14-26)21-12-6-9-18-8-4-5-11-20(18)21/h4-5,8,11,16-17,19,21,23H,6-7,9-10,12-15,27H2,1-3H3,(H,28,32)/t17-,19-,21-,23-/m0/s1. The minimum absolute atomic E-state index is 0.116. The van der Waals surface area contributed by atoms with Crippen LogP contribution in [0.4, 0.5) is 4.39 Å².